The fraction of sp³-hybridized carbons (Fsp3) is 0.267. The van der Waals surface area contributed by atoms with Crippen LogP contribution < -0.4 is 10.5 Å². The molecule has 6 heteroatoms. The number of nitrogens with zero attached hydrogens (tertiary/aromatic N) is 2. The van der Waals surface area contributed by atoms with Crippen molar-refractivity contribution in [1.29, 1.82) is 5.26 Å². The number of nitrogens with two attached hydrogens (primary N) is 1. The monoisotopic (exact) mass is 289 g/mol. The van der Waals surface area contributed by atoms with Crippen molar-refractivity contribution in [3.63, 3.8) is 0 Å². The molecule has 110 valence electrons. The Bertz CT molecular complexity index is 661. The van der Waals surface area contributed by atoms with Crippen molar-refractivity contribution in [3.8, 4) is 11.9 Å². The fourth-order valence-corrected chi connectivity index (χ4v) is 2.00. The standard InChI is InChI=1S/C15H16FN3O2/c1-20-5-6-21-15-14(18)8-13(9-17)19(15)10-11-3-2-4-12(16)7-11/h2-4,7-8H,5-6,10,18H2,1H3. The predicted octanol–water partition coefficient (Wildman–Crippen LogP) is 2.15. The number of methoxy groups -OCH3 is 1. The molecule has 5 nitrogen and oxygen atoms in total. The van der Waals surface area contributed by atoms with Gasteiger partial charge in [-0.3, -0.25) is 4.57 Å². The van der Waals surface area contributed by atoms with Gasteiger partial charge < -0.3 is 15.2 Å². The van der Waals surface area contributed by atoms with Crippen LogP contribution in [0.25, 0.3) is 0 Å². The smallest absolute Gasteiger partial charge is 0.218 e. The third-order valence-electron chi connectivity index (χ3n) is 2.95. The minimum atomic E-state index is -0.326. The van der Waals surface area contributed by atoms with Crippen molar-refractivity contribution in [2.45, 2.75) is 6.54 Å². The van der Waals surface area contributed by atoms with Crippen LogP contribution in [0.15, 0.2) is 30.3 Å². The van der Waals surface area contributed by atoms with Crippen LogP contribution in [0.5, 0.6) is 5.88 Å². The molecule has 0 unspecified atom stereocenters. The molecule has 0 atom stereocenters. The number of nitrogen functional groups attached to an aromatic ring is 1. The van der Waals surface area contributed by atoms with Gasteiger partial charge in [0.05, 0.1) is 18.8 Å². The van der Waals surface area contributed by atoms with Gasteiger partial charge >= 0.3 is 0 Å². The number of anilines is 1. The van der Waals surface area contributed by atoms with Crippen LogP contribution in [0.2, 0.25) is 0 Å². The normalized spacial score (nSPS) is 10.3. The van der Waals surface area contributed by atoms with Gasteiger partial charge in [0.1, 0.15) is 24.2 Å². The van der Waals surface area contributed by atoms with Gasteiger partial charge in [-0.1, -0.05) is 12.1 Å². The fourth-order valence-electron chi connectivity index (χ4n) is 2.00. The highest BCUT2D eigenvalue weighted by molar-refractivity contribution is 5.55. The summed E-state index contributed by atoms with van der Waals surface area (Å²) in [6.45, 7) is 1.03. The van der Waals surface area contributed by atoms with Gasteiger partial charge in [-0.05, 0) is 17.7 Å². The highest BCUT2D eigenvalue weighted by atomic mass is 19.1. The Morgan fingerprint density at radius 3 is 2.81 bits per heavy atom. The molecule has 2 N–H and O–H groups in total. The van der Waals surface area contributed by atoms with Crippen molar-refractivity contribution >= 4 is 5.69 Å². The van der Waals surface area contributed by atoms with E-state index >= 15 is 0 Å². The van der Waals surface area contributed by atoms with Gasteiger partial charge in [-0.2, -0.15) is 5.26 Å². The van der Waals surface area contributed by atoms with Gasteiger partial charge in [0.2, 0.25) is 5.88 Å². The van der Waals surface area contributed by atoms with Crippen molar-refractivity contribution in [1.82, 2.24) is 4.57 Å². The molecular weight excluding hydrogens is 273 g/mol. The van der Waals surface area contributed by atoms with Crippen molar-refractivity contribution in [2.75, 3.05) is 26.1 Å². The lowest BCUT2D eigenvalue weighted by Crippen LogP contribution is -2.11. The molecule has 0 aliphatic carbocycles. The zero-order valence-electron chi connectivity index (χ0n) is 11.7. The first-order chi connectivity index (χ1) is 10.2. The minimum Gasteiger partial charge on any atom is -0.475 e. The summed E-state index contributed by atoms with van der Waals surface area (Å²) in [5, 5.41) is 9.18. The molecule has 21 heavy (non-hydrogen) atoms. The first-order valence-electron chi connectivity index (χ1n) is 6.41. The third kappa shape index (κ3) is 3.52. The van der Waals surface area contributed by atoms with E-state index in [9.17, 15) is 9.65 Å². The maximum atomic E-state index is 13.3. The van der Waals surface area contributed by atoms with Crippen LogP contribution in [0.1, 0.15) is 11.3 Å². The average molecular weight is 289 g/mol. The van der Waals surface area contributed by atoms with Crippen molar-refractivity contribution in [2.24, 2.45) is 0 Å². The Labute approximate surface area is 122 Å². The molecule has 2 rings (SSSR count). The Balaban J connectivity index is 2.30. The summed E-state index contributed by atoms with van der Waals surface area (Å²) in [5.74, 6) is 0.0702. The average Bonchev–Trinajstić information content (AvgIpc) is 2.76. The Hall–Kier alpha value is -2.52. The molecule has 0 saturated carbocycles. The lowest BCUT2D eigenvalue weighted by atomic mass is 10.2. The van der Waals surface area contributed by atoms with E-state index in [0.717, 1.165) is 5.56 Å². The predicted molar refractivity (Wildman–Crippen MR) is 76.4 cm³/mol. The van der Waals surface area contributed by atoms with Crippen LogP contribution in [-0.4, -0.2) is 24.9 Å². The van der Waals surface area contributed by atoms with Crippen LogP contribution in [0.4, 0.5) is 10.1 Å². The van der Waals surface area contributed by atoms with E-state index in [2.05, 4.69) is 6.07 Å². The first-order valence-corrected chi connectivity index (χ1v) is 6.41. The van der Waals surface area contributed by atoms with Gasteiger partial charge in [-0.15, -0.1) is 0 Å². The number of hydrogen-bond donors (Lipinski definition) is 1. The summed E-state index contributed by atoms with van der Waals surface area (Å²) in [6, 6.07) is 9.78. The number of ether oxygens (including phenoxy) is 2. The molecule has 1 aromatic heterocycles. The second kappa shape index (κ2) is 6.77. The zero-order chi connectivity index (χ0) is 15.2. The maximum Gasteiger partial charge on any atom is 0.218 e. The van der Waals surface area contributed by atoms with Gasteiger partial charge in [-0.25, -0.2) is 4.39 Å². The molecule has 0 fully saturated rings. The van der Waals surface area contributed by atoms with Gasteiger partial charge in [0, 0.05) is 13.2 Å². The van der Waals surface area contributed by atoms with Crippen LogP contribution in [-0.2, 0) is 11.3 Å². The largest absolute Gasteiger partial charge is 0.475 e. The first kappa shape index (κ1) is 14.9. The number of rotatable bonds is 6. The topological polar surface area (TPSA) is 73.2 Å². The summed E-state index contributed by atoms with van der Waals surface area (Å²) in [7, 11) is 1.57. The summed E-state index contributed by atoms with van der Waals surface area (Å²) >= 11 is 0. The molecule has 0 bridgehead atoms. The van der Waals surface area contributed by atoms with Crippen molar-refractivity contribution < 1.29 is 13.9 Å². The quantitative estimate of drug-likeness (QED) is 0.827. The van der Waals surface area contributed by atoms with E-state index in [1.54, 1.807) is 29.9 Å². The summed E-state index contributed by atoms with van der Waals surface area (Å²) in [6.07, 6.45) is 0. The molecule has 0 saturated heterocycles. The highest BCUT2D eigenvalue weighted by Crippen LogP contribution is 2.27. The number of hydrogen-bond acceptors (Lipinski definition) is 4. The van der Waals surface area contributed by atoms with E-state index < -0.39 is 0 Å². The lowest BCUT2D eigenvalue weighted by Gasteiger charge is -2.12. The minimum absolute atomic E-state index is 0.306. The maximum absolute atomic E-state index is 13.3. The zero-order valence-corrected chi connectivity index (χ0v) is 11.7. The third-order valence-corrected chi connectivity index (χ3v) is 2.95. The second-order valence-corrected chi connectivity index (χ2v) is 4.46. The van der Waals surface area contributed by atoms with E-state index in [4.69, 9.17) is 15.2 Å². The molecule has 0 aliphatic rings. The van der Waals surface area contributed by atoms with Crippen LogP contribution in [0, 0.1) is 17.1 Å². The molecule has 2 aromatic rings. The summed E-state index contributed by atoms with van der Waals surface area (Å²) in [4.78, 5) is 0. The summed E-state index contributed by atoms with van der Waals surface area (Å²) in [5.41, 5.74) is 7.33. The van der Waals surface area contributed by atoms with Crippen LogP contribution in [0.3, 0.4) is 0 Å². The molecule has 0 amide bonds. The Morgan fingerprint density at radius 2 is 2.14 bits per heavy atom. The molecule has 0 aliphatic heterocycles. The molecular formula is C15H16FN3O2. The van der Waals surface area contributed by atoms with Gasteiger partial charge in [0.25, 0.3) is 0 Å². The van der Waals surface area contributed by atoms with Crippen molar-refractivity contribution in [3.05, 3.63) is 47.4 Å². The molecule has 1 aromatic carbocycles. The molecule has 0 radical (unpaired) electrons. The highest BCUT2D eigenvalue weighted by Gasteiger charge is 2.15. The van der Waals surface area contributed by atoms with E-state index in [1.165, 1.54) is 12.1 Å². The number of nitriles is 1. The Morgan fingerprint density at radius 1 is 1.33 bits per heavy atom. The second-order valence-electron chi connectivity index (χ2n) is 4.46. The Kier molecular flexibility index (Phi) is 4.80. The SMILES string of the molecule is COCCOc1c(N)cc(C#N)n1Cc1cccc(F)c1. The molecule has 1 heterocycles. The lowest BCUT2D eigenvalue weighted by molar-refractivity contribution is 0.142. The molecule has 0 spiro atoms. The number of halogens is 1. The van der Waals surface area contributed by atoms with E-state index in [-0.39, 0.29) is 5.82 Å². The van der Waals surface area contributed by atoms with Gasteiger partial charge in [0.15, 0.2) is 0 Å². The van der Waals surface area contributed by atoms with Crippen LogP contribution >= 0.6 is 0 Å². The summed E-state index contributed by atoms with van der Waals surface area (Å²) < 4.78 is 25.4. The number of aromatic nitrogens is 1. The van der Waals surface area contributed by atoms with E-state index in [0.29, 0.717) is 37.0 Å². The van der Waals surface area contributed by atoms with E-state index in [1.807, 2.05) is 0 Å². The number of benzene rings is 1.